The maximum Gasteiger partial charge on any atom is 0.162 e. The van der Waals surface area contributed by atoms with Crippen molar-refractivity contribution in [1.82, 2.24) is 0 Å². The van der Waals surface area contributed by atoms with Crippen molar-refractivity contribution >= 4 is 11.5 Å². The Morgan fingerprint density at radius 1 is 1.21 bits per heavy atom. The summed E-state index contributed by atoms with van der Waals surface area (Å²) in [5.41, 5.74) is 3.24. The highest BCUT2D eigenvalue weighted by atomic mass is 16.5. The predicted molar refractivity (Wildman–Crippen MR) is 94.9 cm³/mol. The number of fused-ring (bicyclic) bond motifs is 1. The summed E-state index contributed by atoms with van der Waals surface area (Å²) in [6, 6.07) is 15.4. The van der Waals surface area contributed by atoms with E-state index in [0.717, 1.165) is 13.0 Å². The third kappa shape index (κ3) is 3.77. The number of nitrogens with zero attached hydrogens (tertiary/aromatic N) is 1. The van der Waals surface area contributed by atoms with Gasteiger partial charge in [-0.25, -0.2) is 0 Å². The topological polar surface area (TPSA) is 49.8 Å². The zero-order valence-corrected chi connectivity index (χ0v) is 13.9. The van der Waals surface area contributed by atoms with Crippen molar-refractivity contribution < 1.29 is 14.6 Å². The van der Waals surface area contributed by atoms with E-state index in [0.29, 0.717) is 24.3 Å². The molecule has 24 heavy (non-hydrogen) atoms. The minimum Gasteiger partial charge on any atom is -0.491 e. The summed E-state index contributed by atoms with van der Waals surface area (Å²) in [4.78, 5) is 13.8. The molecule has 2 aromatic rings. The maximum atomic E-state index is 11.6. The van der Waals surface area contributed by atoms with Gasteiger partial charge in [0.15, 0.2) is 5.78 Å². The lowest BCUT2D eigenvalue weighted by Crippen LogP contribution is -2.34. The van der Waals surface area contributed by atoms with E-state index in [1.54, 1.807) is 24.3 Å². The van der Waals surface area contributed by atoms with Gasteiger partial charge in [0, 0.05) is 30.8 Å². The van der Waals surface area contributed by atoms with Crippen molar-refractivity contribution in [2.24, 2.45) is 0 Å². The van der Waals surface area contributed by atoms with E-state index in [9.17, 15) is 9.90 Å². The summed E-state index contributed by atoms with van der Waals surface area (Å²) < 4.78 is 5.65. The maximum absolute atomic E-state index is 11.6. The molecule has 4 heteroatoms. The van der Waals surface area contributed by atoms with E-state index in [2.05, 4.69) is 23.1 Å². The Morgan fingerprint density at radius 2 is 1.96 bits per heavy atom. The first-order valence-corrected chi connectivity index (χ1v) is 8.44. The van der Waals surface area contributed by atoms with Crippen LogP contribution in [0.2, 0.25) is 0 Å². The fourth-order valence-corrected chi connectivity index (χ4v) is 3.04. The second-order valence-corrected chi connectivity index (χ2v) is 6.09. The molecule has 1 unspecified atom stereocenters. The lowest BCUT2D eigenvalue weighted by Gasteiger charge is -2.23. The highest BCUT2D eigenvalue weighted by Gasteiger charge is 2.20. The van der Waals surface area contributed by atoms with Gasteiger partial charge in [-0.2, -0.15) is 0 Å². The van der Waals surface area contributed by atoms with Crippen molar-refractivity contribution in [3.05, 3.63) is 59.7 Å². The van der Waals surface area contributed by atoms with Gasteiger partial charge in [-0.15, -0.1) is 0 Å². The Bertz CT molecular complexity index is 696. The van der Waals surface area contributed by atoms with Crippen molar-refractivity contribution in [3.8, 4) is 5.75 Å². The van der Waals surface area contributed by atoms with Gasteiger partial charge in [0.1, 0.15) is 18.5 Å². The smallest absolute Gasteiger partial charge is 0.162 e. The molecule has 1 heterocycles. The van der Waals surface area contributed by atoms with Crippen molar-refractivity contribution in [3.63, 3.8) is 0 Å². The number of hydrogen-bond acceptors (Lipinski definition) is 4. The predicted octanol–water partition coefficient (Wildman–Crippen LogP) is 3.08. The number of ketones is 1. The summed E-state index contributed by atoms with van der Waals surface area (Å²) in [5.74, 6) is 0.790. The molecule has 1 atom stereocenters. The summed E-state index contributed by atoms with van der Waals surface area (Å²) in [5, 5.41) is 10.3. The number of β-amino-alcohol motifs (C(OH)–C–C–N with tert-alkyl or cyclic N) is 1. The van der Waals surface area contributed by atoms with Crippen LogP contribution in [0.4, 0.5) is 5.69 Å². The Kier molecular flexibility index (Phi) is 5.16. The zero-order chi connectivity index (χ0) is 16.9. The number of anilines is 1. The van der Waals surface area contributed by atoms with Crippen LogP contribution in [0.25, 0.3) is 0 Å². The first kappa shape index (κ1) is 16.5. The molecule has 3 rings (SSSR count). The number of Topliss-reactive ketones (excluding diaryl/α,β-unsaturated/α-hetero) is 1. The van der Waals surface area contributed by atoms with Crippen LogP contribution >= 0.6 is 0 Å². The fourth-order valence-electron chi connectivity index (χ4n) is 3.04. The van der Waals surface area contributed by atoms with Gasteiger partial charge < -0.3 is 14.7 Å². The molecule has 1 aliphatic heterocycles. The van der Waals surface area contributed by atoms with E-state index < -0.39 is 6.10 Å². The number of ether oxygens (including phenoxy) is 1. The molecular weight excluding hydrogens is 302 g/mol. The number of hydrogen-bond donors (Lipinski definition) is 1. The van der Waals surface area contributed by atoms with E-state index in [-0.39, 0.29) is 12.4 Å². The largest absolute Gasteiger partial charge is 0.491 e. The molecule has 1 aliphatic rings. The molecular formula is C20H23NO3. The number of aliphatic hydroxyl groups excluding tert-OH is 1. The molecule has 0 amide bonds. The minimum atomic E-state index is -0.562. The minimum absolute atomic E-state index is 0.120. The molecule has 126 valence electrons. The van der Waals surface area contributed by atoms with E-state index in [1.165, 1.54) is 11.3 Å². The van der Waals surface area contributed by atoms with Crippen LogP contribution < -0.4 is 9.64 Å². The van der Waals surface area contributed by atoms with Gasteiger partial charge in [0.25, 0.3) is 0 Å². The van der Waals surface area contributed by atoms with Crippen molar-refractivity contribution in [1.29, 1.82) is 0 Å². The van der Waals surface area contributed by atoms with Crippen LogP contribution in [0, 0.1) is 0 Å². The Balaban J connectivity index is 1.51. The van der Waals surface area contributed by atoms with Crippen molar-refractivity contribution in [2.75, 3.05) is 24.6 Å². The summed E-state index contributed by atoms with van der Waals surface area (Å²) in [6.07, 6.45) is 0.959. The molecule has 0 aromatic heterocycles. The van der Waals surface area contributed by atoms with E-state index in [1.807, 2.05) is 13.0 Å². The molecule has 0 radical (unpaired) electrons. The lowest BCUT2D eigenvalue weighted by molar-refractivity contribution is 0.0987. The lowest BCUT2D eigenvalue weighted by atomic mass is 10.1. The molecule has 4 nitrogen and oxygen atoms in total. The highest BCUT2D eigenvalue weighted by molar-refractivity contribution is 5.95. The Labute approximate surface area is 142 Å². The second-order valence-electron chi connectivity index (χ2n) is 6.09. The van der Waals surface area contributed by atoms with Crippen LogP contribution in [-0.4, -0.2) is 36.7 Å². The van der Waals surface area contributed by atoms with Gasteiger partial charge in [0.2, 0.25) is 0 Å². The molecule has 0 bridgehead atoms. The number of carbonyl (C=O) groups is 1. The summed E-state index contributed by atoms with van der Waals surface area (Å²) >= 11 is 0. The average molecular weight is 325 g/mol. The SMILES string of the molecule is CCC(=O)c1ccc(OCC(O)CN2CCc3ccccc32)cc1. The molecule has 2 aromatic carbocycles. The molecule has 1 N–H and O–H groups in total. The van der Waals surface area contributed by atoms with Gasteiger partial charge in [0.05, 0.1) is 0 Å². The highest BCUT2D eigenvalue weighted by Crippen LogP contribution is 2.27. The second kappa shape index (κ2) is 7.49. The molecule has 0 aliphatic carbocycles. The standard InChI is InChI=1S/C20H23NO3/c1-2-20(23)16-7-9-18(10-8-16)24-14-17(22)13-21-12-11-15-5-3-4-6-19(15)21/h3-10,17,22H,2,11-14H2,1H3. The van der Waals surface area contributed by atoms with Gasteiger partial charge in [-0.1, -0.05) is 25.1 Å². The normalized spacial score (nSPS) is 14.3. The molecule has 0 spiro atoms. The van der Waals surface area contributed by atoms with Gasteiger partial charge >= 0.3 is 0 Å². The van der Waals surface area contributed by atoms with Crippen LogP contribution in [0.5, 0.6) is 5.75 Å². The molecule has 0 saturated heterocycles. The summed E-state index contributed by atoms with van der Waals surface area (Å²) in [7, 11) is 0. The molecule has 0 saturated carbocycles. The van der Waals surface area contributed by atoms with Crippen LogP contribution in [0.1, 0.15) is 29.3 Å². The number of aliphatic hydroxyl groups is 1. The first-order chi connectivity index (χ1) is 11.7. The first-order valence-electron chi connectivity index (χ1n) is 8.44. The third-order valence-electron chi connectivity index (χ3n) is 4.35. The third-order valence-corrected chi connectivity index (χ3v) is 4.35. The fraction of sp³-hybridized carbons (Fsp3) is 0.350. The Hall–Kier alpha value is -2.33. The monoisotopic (exact) mass is 325 g/mol. The average Bonchev–Trinajstić information content (AvgIpc) is 3.03. The van der Waals surface area contributed by atoms with Crippen LogP contribution in [-0.2, 0) is 6.42 Å². The number of carbonyl (C=O) groups excluding carboxylic acids is 1. The zero-order valence-electron chi connectivity index (χ0n) is 13.9. The number of rotatable bonds is 7. The van der Waals surface area contributed by atoms with Crippen LogP contribution in [0.3, 0.4) is 0 Å². The number of benzene rings is 2. The van der Waals surface area contributed by atoms with Gasteiger partial charge in [-0.3, -0.25) is 4.79 Å². The van der Waals surface area contributed by atoms with Gasteiger partial charge in [-0.05, 0) is 42.3 Å². The number of para-hydroxylation sites is 1. The summed E-state index contributed by atoms with van der Waals surface area (Å²) in [6.45, 7) is 3.58. The quantitative estimate of drug-likeness (QED) is 0.795. The van der Waals surface area contributed by atoms with E-state index in [4.69, 9.17) is 4.74 Å². The Morgan fingerprint density at radius 3 is 2.71 bits per heavy atom. The van der Waals surface area contributed by atoms with Crippen molar-refractivity contribution in [2.45, 2.75) is 25.9 Å². The molecule has 0 fully saturated rings. The van der Waals surface area contributed by atoms with E-state index >= 15 is 0 Å². The van der Waals surface area contributed by atoms with Crippen LogP contribution in [0.15, 0.2) is 48.5 Å².